The van der Waals surface area contributed by atoms with Crippen LogP contribution in [0.25, 0.3) is 0 Å². The first-order valence-electron chi connectivity index (χ1n) is 4.75. The van der Waals surface area contributed by atoms with Gasteiger partial charge in [0.15, 0.2) is 0 Å². The van der Waals surface area contributed by atoms with Gasteiger partial charge in [-0.25, -0.2) is 0 Å². The highest BCUT2D eigenvalue weighted by molar-refractivity contribution is 5.84. The number of carbonyl (C=O) groups excluding carboxylic acids is 1. The van der Waals surface area contributed by atoms with E-state index >= 15 is 0 Å². The molecule has 0 bridgehead atoms. The Morgan fingerprint density at radius 3 is 3.07 bits per heavy atom. The van der Waals surface area contributed by atoms with Gasteiger partial charge in [0.25, 0.3) is 0 Å². The summed E-state index contributed by atoms with van der Waals surface area (Å²) in [6.45, 7) is 1.25. The molecule has 2 heterocycles. The minimum Gasteiger partial charge on any atom is -0.407 e. The highest BCUT2D eigenvalue weighted by Crippen LogP contribution is 2.24. The van der Waals surface area contributed by atoms with Crippen molar-refractivity contribution in [1.82, 2.24) is 15.5 Å². The van der Waals surface area contributed by atoms with Crippen LogP contribution >= 0.6 is 0 Å². The molecule has 82 valence electrons. The number of anilines is 1. The van der Waals surface area contributed by atoms with E-state index in [1.807, 2.05) is 0 Å². The predicted octanol–water partition coefficient (Wildman–Crippen LogP) is -1.15. The second-order valence-electron chi connectivity index (χ2n) is 3.41. The second kappa shape index (κ2) is 3.85. The van der Waals surface area contributed by atoms with Crippen LogP contribution in [0.15, 0.2) is 4.42 Å². The molecule has 1 amide bonds. The van der Waals surface area contributed by atoms with E-state index in [1.165, 1.54) is 0 Å². The van der Waals surface area contributed by atoms with Gasteiger partial charge in [-0.3, -0.25) is 4.79 Å². The number of rotatable bonds is 4. The first-order chi connectivity index (χ1) is 7.22. The Labute approximate surface area is 86.6 Å². The van der Waals surface area contributed by atoms with Crippen molar-refractivity contribution >= 4 is 11.9 Å². The lowest BCUT2D eigenvalue weighted by atomic mass is 10.0. The minimum absolute atomic E-state index is 0.298. The number of aromatic nitrogens is 2. The second-order valence-corrected chi connectivity index (χ2v) is 3.41. The third kappa shape index (κ3) is 1.78. The first kappa shape index (κ1) is 9.91. The van der Waals surface area contributed by atoms with Crippen molar-refractivity contribution in [1.29, 1.82) is 0 Å². The molecule has 0 saturated carbocycles. The minimum atomic E-state index is -0.352. The van der Waals surface area contributed by atoms with E-state index in [4.69, 9.17) is 10.2 Å². The zero-order valence-corrected chi connectivity index (χ0v) is 8.43. The van der Waals surface area contributed by atoms with E-state index in [0.717, 1.165) is 13.0 Å². The van der Waals surface area contributed by atoms with E-state index in [9.17, 15) is 4.79 Å². The number of carbonyl (C=O) groups is 1. The van der Waals surface area contributed by atoms with Crippen LogP contribution in [0.2, 0.25) is 0 Å². The smallest absolute Gasteiger partial charge is 0.318 e. The lowest BCUT2D eigenvalue weighted by molar-refractivity contribution is -0.120. The van der Waals surface area contributed by atoms with Crippen molar-refractivity contribution < 1.29 is 9.21 Å². The third-order valence-corrected chi connectivity index (χ3v) is 2.38. The maximum absolute atomic E-state index is 11.0. The van der Waals surface area contributed by atoms with Crippen LogP contribution in [0.5, 0.6) is 0 Å². The largest absolute Gasteiger partial charge is 0.407 e. The van der Waals surface area contributed by atoms with Gasteiger partial charge in [-0.1, -0.05) is 5.10 Å². The van der Waals surface area contributed by atoms with Crippen LogP contribution in [0.1, 0.15) is 12.3 Å². The molecule has 0 aliphatic carbocycles. The van der Waals surface area contributed by atoms with Crippen LogP contribution in [-0.2, 0) is 11.3 Å². The molecule has 1 aromatic rings. The molecule has 2 rings (SSSR count). The summed E-state index contributed by atoms with van der Waals surface area (Å²) in [6.07, 6.45) is 0.749. The summed E-state index contributed by atoms with van der Waals surface area (Å²) in [6, 6.07) is 0.0724. The fraction of sp³-hybridized carbons (Fsp3) is 0.625. The molecule has 1 aliphatic heterocycles. The summed E-state index contributed by atoms with van der Waals surface area (Å²) in [5, 5.41) is 10.6. The summed E-state index contributed by atoms with van der Waals surface area (Å²) < 4.78 is 5.34. The normalized spacial score (nSPS) is 20.1. The summed E-state index contributed by atoms with van der Waals surface area (Å²) in [5.74, 6) is 0.150. The number of nitrogens with zero attached hydrogens (tertiary/aromatic N) is 3. The predicted molar refractivity (Wildman–Crippen MR) is 52.0 cm³/mol. The zero-order chi connectivity index (χ0) is 10.8. The van der Waals surface area contributed by atoms with Crippen molar-refractivity contribution in [2.75, 3.05) is 18.5 Å². The molecule has 7 nitrogen and oxygen atoms in total. The fourth-order valence-corrected chi connectivity index (χ4v) is 1.50. The average molecular weight is 211 g/mol. The van der Waals surface area contributed by atoms with Crippen molar-refractivity contribution in [2.45, 2.75) is 19.0 Å². The molecule has 1 atom stereocenters. The van der Waals surface area contributed by atoms with Gasteiger partial charge in [-0.05, 0) is 13.5 Å². The number of hydrogen-bond acceptors (Lipinski definition) is 6. The molecule has 1 unspecified atom stereocenters. The zero-order valence-electron chi connectivity index (χ0n) is 8.43. The van der Waals surface area contributed by atoms with Crippen molar-refractivity contribution in [3.05, 3.63) is 5.89 Å². The molecule has 1 saturated heterocycles. The monoisotopic (exact) mass is 211 g/mol. The van der Waals surface area contributed by atoms with Gasteiger partial charge in [0, 0.05) is 6.54 Å². The topological polar surface area (TPSA) is 97.3 Å². The van der Waals surface area contributed by atoms with Crippen LogP contribution < -0.4 is 16.0 Å². The van der Waals surface area contributed by atoms with E-state index in [2.05, 4.69) is 15.5 Å². The van der Waals surface area contributed by atoms with Gasteiger partial charge < -0.3 is 20.4 Å². The number of nitrogens with one attached hydrogen (secondary N) is 1. The number of hydrogen-bond donors (Lipinski definition) is 2. The molecule has 0 spiro atoms. The Kier molecular flexibility index (Phi) is 2.55. The van der Waals surface area contributed by atoms with E-state index < -0.39 is 0 Å². The number of amides is 1. The molecule has 3 N–H and O–H groups in total. The van der Waals surface area contributed by atoms with Crippen LogP contribution in [-0.4, -0.2) is 35.7 Å². The lowest BCUT2D eigenvalue weighted by Gasteiger charge is -2.36. The SMILES string of the molecule is CNCc1nnc(N2CCC2C(N)=O)o1. The standard InChI is InChI=1S/C8H13N5O2/c1-10-4-6-11-12-8(15-6)13-3-2-5(13)7(9)14/h5,10H,2-4H2,1H3,(H2,9,14). The highest BCUT2D eigenvalue weighted by Gasteiger charge is 2.35. The number of nitrogens with two attached hydrogens (primary N) is 1. The van der Waals surface area contributed by atoms with E-state index in [1.54, 1.807) is 11.9 Å². The van der Waals surface area contributed by atoms with E-state index in [-0.39, 0.29) is 11.9 Å². The Morgan fingerprint density at radius 1 is 1.73 bits per heavy atom. The molecular formula is C8H13N5O2. The fourth-order valence-electron chi connectivity index (χ4n) is 1.50. The molecule has 7 heteroatoms. The Morgan fingerprint density at radius 2 is 2.53 bits per heavy atom. The highest BCUT2D eigenvalue weighted by atomic mass is 16.4. The van der Waals surface area contributed by atoms with Crippen molar-refractivity contribution in [3.8, 4) is 0 Å². The molecule has 0 radical (unpaired) electrons. The Balaban J connectivity index is 2.06. The van der Waals surface area contributed by atoms with Crippen LogP contribution in [0.4, 0.5) is 6.01 Å². The first-order valence-corrected chi connectivity index (χ1v) is 4.75. The van der Waals surface area contributed by atoms with Crippen molar-refractivity contribution in [3.63, 3.8) is 0 Å². The number of primary amides is 1. The van der Waals surface area contributed by atoms with Crippen LogP contribution in [0.3, 0.4) is 0 Å². The maximum Gasteiger partial charge on any atom is 0.318 e. The summed E-state index contributed by atoms with van der Waals surface area (Å²) >= 11 is 0. The van der Waals surface area contributed by atoms with E-state index in [0.29, 0.717) is 18.5 Å². The van der Waals surface area contributed by atoms with Gasteiger partial charge in [0.2, 0.25) is 11.8 Å². The average Bonchev–Trinajstić information content (AvgIpc) is 2.50. The molecule has 1 aliphatic rings. The van der Waals surface area contributed by atoms with Gasteiger partial charge in [-0.15, -0.1) is 5.10 Å². The van der Waals surface area contributed by atoms with Gasteiger partial charge in [-0.2, -0.15) is 0 Å². The third-order valence-electron chi connectivity index (χ3n) is 2.38. The summed E-state index contributed by atoms with van der Waals surface area (Å²) in [4.78, 5) is 12.7. The molecule has 1 fully saturated rings. The lowest BCUT2D eigenvalue weighted by Crippen LogP contribution is -2.55. The van der Waals surface area contributed by atoms with Crippen molar-refractivity contribution in [2.24, 2.45) is 5.73 Å². The van der Waals surface area contributed by atoms with Crippen LogP contribution in [0, 0.1) is 0 Å². The quantitative estimate of drug-likeness (QED) is 0.653. The Hall–Kier alpha value is -1.63. The van der Waals surface area contributed by atoms with Gasteiger partial charge >= 0.3 is 6.01 Å². The molecule has 1 aromatic heterocycles. The summed E-state index contributed by atoms with van der Waals surface area (Å²) in [7, 11) is 1.79. The molecule has 0 aromatic carbocycles. The van der Waals surface area contributed by atoms with Gasteiger partial charge in [0.05, 0.1) is 6.54 Å². The molecular weight excluding hydrogens is 198 g/mol. The summed E-state index contributed by atoms with van der Waals surface area (Å²) in [5.41, 5.74) is 5.21. The van der Waals surface area contributed by atoms with Gasteiger partial charge in [0.1, 0.15) is 6.04 Å². The molecule has 15 heavy (non-hydrogen) atoms. The Bertz CT molecular complexity index is 364. The maximum atomic E-state index is 11.0.